The lowest BCUT2D eigenvalue weighted by molar-refractivity contribution is 0.349. The average Bonchev–Trinajstić information content (AvgIpc) is 2.46. The highest BCUT2D eigenvalue weighted by atomic mass is 15.1. The second-order valence-electron chi connectivity index (χ2n) is 4.91. The monoisotopic (exact) mass is 206 g/mol. The number of nitrogens with two attached hydrogens (primary N) is 1. The minimum absolute atomic E-state index is 0.347. The summed E-state index contributed by atoms with van der Waals surface area (Å²) in [5.74, 6) is 1.35. The Labute approximate surface area is 90.3 Å². The lowest BCUT2D eigenvalue weighted by Crippen LogP contribution is -2.31. The van der Waals surface area contributed by atoms with E-state index >= 15 is 0 Å². The number of nitrogen functional groups attached to an aromatic ring is 1. The van der Waals surface area contributed by atoms with Gasteiger partial charge in [0, 0.05) is 12.1 Å². The summed E-state index contributed by atoms with van der Waals surface area (Å²) in [7, 11) is 0. The zero-order valence-corrected chi connectivity index (χ0v) is 9.33. The van der Waals surface area contributed by atoms with Gasteiger partial charge >= 0.3 is 0 Å². The van der Waals surface area contributed by atoms with Crippen molar-refractivity contribution in [1.82, 2.24) is 9.97 Å². The Hall–Kier alpha value is -1.32. The highest BCUT2D eigenvalue weighted by molar-refractivity contribution is 5.44. The quantitative estimate of drug-likeness (QED) is 0.777. The third-order valence-electron chi connectivity index (χ3n) is 3.27. The summed E-state index contributed by atoms with van der Waals surface area (Å²) in [6.45, 7) is 4.59. The van der Waals surface area contributed by atoms with E-state index in [1.807, 2.05) is 0 Å². The molecular weight excluding hydrogens is 188 g/mol. The number of nitrogens with one attached hydrogen (secondary N) is 1. The summed E-state index contributed by atoms with van der Waals surface area (Å²) in [5, 5.41) is 3.44. The molecular formula is C11H18N4. The molecule has 0 amide bonds. The summed E-state index contributed by atoms with van der Waals surface area (Å²) in [5.41, 5.74) is 5.96. The van der Waals surface area contributed by atoms with Gasteiger partial charge in [-0.05, 0) is 18.3 Å². The van der Waals surface area contributed by atoms with Crippen LogP contribution in [0.15, 0.2) is 12.4 Å². The summed E-state index contributed by atoms with van der Waals surface area (Å²) in [6.07, 6.45) is 5.26. The number of rotatable bonds is 2. The van der Waals surface area contributed by atoms with E-state index in [1.165, 1.54) is 25.6 Å². The second kappa shape index (κ2) is 3.68. The molecule has 15 heavy (non-hydrogen) atoms. The van der Waals surface area contributed by atoms with E-state index in [0.29, 0.717) is 17.3 Å². The maximum Gasteiger partial charge on any atom is 0.131 e. The first-order valence-electron chi connectivity index (χ1n) is 5.42. The van der Waals surface area contributed by atoms with Crippen LogP contribution in [0.25, 0.3) is 0 Å². The maximum absolute atomic E-state index is 5.61. The first-order valence-corrected chi connectivity index (χ1v) is 5.42. The van der Waals surface area contributed by atoms with E-state index in [2.05, 4.69) is 29.1 Å². The number of anilines is 2. The second-order valence-corrected chi connectivity index (χ2v) is 4.91. The Morgan fingerprint density at radius 3 is 2.87 bits per heavy atom. The van der Waals surface area contributed by atoms with Gasteiger partial charge in [-0.1, -0.05) is 20.3 Å². The molecule has 0 aliphatic heterocycles. The molecule has 0 bridgehead atoms. The number of hydrogen-bond acceptors (Lipinski definition) is 4. The van der Waals surface area contributed by atoms with E-state index in [0.717, 1.165) is 5.82 Å². The van der Waals surface area contributed by atoms with Gasteiger partial charge in [-0.25, -0.2) is 9.97 Å². The van der Waals surface area contributed by atoms with E-state index < -0.39 is 0 Å². The minimum atomic E-state index is 0.347. The standard InChI is InChI=1S/C11H18N4/c1-11(2)5-3-4-8(11)15-10-6-9(12)13-7-14-10/h6-8H,3-5H2,1-2H3,(H3,12,13,14,15). The first-order chi connectivity index (χ1) is 7.08. The lowest BCUT2D eigenvalue weighted by atomic mass is 9.87. The van der Waals surface area contributed by atoms with Crippen molar-refractivity contribution in [2.75, 3.05) is 11.1 Å². The lowest BCUT2D eigenvalue weighted by Gasteiger charge is -2.28. The molecule has 1 aliphatic carbocycles. The molecule has 82 valence electrons. The molecule has 1 unspecified atom stereocenters. The fraction of sp³-hybridized carbons (Fsp3) is 0.636. The predicted molar refractivity (Wildman–Crippen MR) is 61.5 cm³/mol. The van der Waals surface area contributed by atoms with E-state index in [4.69, 9.17) is 5.73 Å². The minimum Gasteiger partial charge on any atom is -0.384 e. The van der Waals surface area contributed by atoms with Crippen LogP contribution in [0.3, 0.4) is 0 Å². The van der Waals surface area contributed by atoms with Crippen LogP contribution in [0.1, 0.15) is 33.1 Å². The molecule has 0 aromatic carbocycles. The molecule has 0 saturated heterocycles. The van der Waals surface area contributed by atoms with Gasteiger partial charge < -0.3 is 11.1 Å². The predicted octanol–water partition coefficient (Wildman–Crippen LogP) is 2.05. The first kappa shape index (κ1) is 10.2. The highest BCUT2D eigenvalue weighted by Gasteiger charge is 2.34. The van der Waals surface area contributed by atoms with Crippen molar-refractivity contribution in [3.63, 3.8) is 0 Å². The molecule has 4 heteroatoms. The molecule has 1 aliphatic rings. The van der Waals surface area contributed by atoms with Crippen LogP contribution in [-0.2, 0) is 0 Å². The van der Waals surface area contributed by atoms with Gasteiger partial charge in [0.2, 0.25) is 0 Å². The van der Waals surface area contributed by atoms with Gasteiger partial charge in [-0.3, -0.25) is 0 Å². The van der Waals surface area contributed by atoms with Gasteiger partial charge in [0.15, 0.2) is 0 Å². The third-order valence-corrected chi connectivity index (χ3v) is 3.27. The largest absolute Gasteiger partial charge is 0.384 e. The van der Waals surface area contributed by atoms with Crippen molar-refractivity contribution in [2.24, 2.45) is 5.41 Å². The van der Waals surface area contributed by atoms with Crippen molar-refractivity contribution in [1.29, 1.82) is 0 Å². The van der Waals surface area contributed by atoms with Crippen LogP contribution < -0.4 is 11.1 Å². The molecule has 2 rings (SSSR count). The van der Waals surface area contributed by atoms with Gasteiger partial charge in [0.25, 0.3) is 0 Å². The fourth-order valence-electron chi connectivity index (χ4n) is 2.22. The van der Waals surface area contributed by atoms with Crippen LogP contribution in [-0.4, -0.2) is 16.0 Å². The molecule has 0 radical (unpaired) electrons. The van der Waals surface area contributed by atoms with Gasteiger partial charge in [-0.15, -0.1) is 0 Å². The van der Waals surface area contributed by atoms with Crippen molar-refractivity contribution in [3.8, 4) is 0 Å². The Morgan fingerprint density at radius 2 is 2.27 bits per heavy atom. The van der Waals surface area contributed by atoms with E-state index in [-0.39, 0.29) is 0 Å². The zero-order valence-electron chi connectivity index (χ0n) is 9.33. The SMILES string of the molecule is CC1(C)CCCC1Nc1cc(N)ncn1. The third kappa shape index (κ3) is 2.19. The summed E-state index contributed by atoms with van der Waals surface area (Å²) >= 11 is 0. The molecule has 3 N–H and O–H groups in total. The number of aromatic nitrogens is 2. The topological polar surface area (TPSA) is 63.8 Å². The van der Waals surface area contributed by atoms with E-state index in [9.17, 15) is 0 Å². The fourth-order valence-corrected chi connectivity index (χ4v) is 2.22. The maximum atomic E-state index is 5.61. The van der Waals surface area contributed by atoms with Crippen LogP contribution in [0.2, 0.25) is 0 Å². The zero-order chi connectivity index (χ0) is 10.9. The molecule has 1 fully saturated rings. The highest BCUT2D eigenvalue weighted by Crippen LogP contribution is 2.38. The van der Waals surface area contributed by atoms with Gasteiger partial charge in [0.05, 0.1) is 0 Å². The van der Waals surface area contributed by atoms with Crippen LogP contribution >= 0.6 is 0 Å². The molecule has 1 heterocycles. The van der Waals surface area contributed by atoms with Crippen molar-refractivity contribution < 1.29 is 0 Å². The summed E-state index contributed by atoms with van der Waals surface area (Å²) in [4.78, 5) is 8.04. The Bertz CT molecular complexity index is 348. The Morgan fingerprint density at radius 1 is 1.47 bits per heavy atom. The summed E-state index contributed by atoms with van der Waals surface area (Å²) < 4.78 is 0. The molecule has 1 aromatic rings. The van der Waals surface area contributed by atoms with Crippen molar-refractivity contribution in [3.05, 3.63) is 12.4 Å². The van der Waals surface area contributed by atoms with E-state index in [1.54, 1.807) is 6.07 Å². The Kier molecular flexibility index (Phi) is 2.50. The smallest absolute Gasteiger partial charge is 0.131 e. The normalized spacial score (nSPS) is 24.0. The van der Waals surface area contributed by atoms with Gasteiger partial charge in [0.1, 0.15) is 18.0 Å². The number of hydrogen-bond donors (Lipinski definition) is 2. The van der Waals surface area contributed by atoms with Crippen LogP contribution in [0.5, 0.6) is 0 Å². The molecule has 1 aromatic heterocycles. The summed E-state index contributed by atoms with van der Waals surface area (Å²) in [6, 6.07) is 2.28. The molecule has 0 spiro atoms. The van der Waals surface area contributed by atoms with Gasteiger partial charge in [-0.2, -0.15) is 0 Å². The average molecular weight is 206 g/mol. The Balaban J connectivity index is 2.09. The number of nitrogens with zero attached hydrogens (tertiary/aromatic N) is 2. The molecule has 1 atom stereocenters. The van der Waals surface area contributed by atoms with Crippen LogP contribution in [0, 0.1) is 5.41 Å². The molecule has 1 saturated carbocycles. The molecule has 4 nitrogen and oxygen atoms in total. The van der Waals surface area contributed by atoms with Crippen LogP contribution in [0.4, 0.5) is 11.6 Å². The van der Waals surface area contributed by atoms with Crippen molar-refractivity contribution in [2.45, 2.75) is 39.2 Å². The van der Waals surface area contributed by atoms with Crippen molar-refractivity contribution >= 4 is 11.6 Å².